The van der Waals surface area contributed by atoms with Crippen molar-refractivity contribution in [3.05, 3.63) is 60.2 Å². The first kappa shape index (κ1) is 19.6. The van der Waals surface area contributed by atoms with Crippen LogP contribution >= 0.6 is 0 Å². The van der Waals surface area contributed by atoms with Crippen LogP contribution in [0.3, 0.4) is 0 Å². The Hall–Kier alpha value is -2.66. The van der Waals surface area contributed by atoms with Crippen LogP contribution < -0.4 is 5.32 Å². The first-order chi connectivity index (χ1) is 14.1. The van der Waals surface area contributed by atoms with Gasteiger partial charge < -0.3 is 10.2 Å². The number of hydrogen-bond acceptors (Lipinski definition) is 3. The first-order valence-corrected chi connectivity index (χ1v) is 10.6. The van der Waals surface area contributed by atoms with E-state index in [2.05, 4.69) is 17.1 Å². The lowest BCUT2D eigenvalue weighted by Crippen LogP contribution is -2.42. The summed E-state index contributed by atoms with van der Waals surface area (Å²) >= 11 is 0. The quantitative estimate of drug-likeness (QED) is 0.852. The van der Waals surface area contributed by atoms with Gasteiger partial charge in [0.1, 0.15) is 0 Å². The highest BCUT2D eigenvalue weighted by Crippen LogP contribution is 2.24. The summed E-state index contributed by atoms with van der Waals surface area (Å²) in [6, 6.07) is 18.1. The number of nitrogens with one attached hydrogen (secondary N) is 1. The highest BCUT2D eigenvalue weighted by atomic mass is 16.2. The topological polar surface area (TPSA) is 52.7 Å². The highest BCUT2D eigenvalue weighted by Gasteiger charge is 2.30. The molecule has 4 rings (SSSR count). The van der Waals surface area contributed by atoms with Gasteiger partial charge in [-0.3, -0.25) is 14.5 Å². The maximum Gasteiger partial charge on any atom is 0.252 e. The summed E-state index contributed by atoms with van der Waals surface area (Å²) in [5, 5.41) is 3.18. The van der Waals surface area contributed by atoms with Crippen LogP contribution in [0.2, 0.25) is 0 Å². The lowest BCUT2D eigenvalue weighted by atomic mass is 9.99. The summed E-state index contributed by atoms with van der Waals surface area (Å²) in [7, 11) is 0. The van der Waals surface area contributed by atoms with Crippen molar-refractivity contribution in [2.75, 3.05) is 26.2 Å². The van der Waals surface area contributed by atoms with Crippen molar-refractivity contribution in [2.45, 2.75) is 38.3 Å². The number of hydrogen-bond donors (Lipinski definition) is 1. The molecule has 2 heterocycles. The molecule has 5 heteroatoms. The van der Waals surface area contributed by atoms with Crippen molar-refractivity contribution in [3.8, 4) is 11.1 Å². The van der Waals surface area contributed by atoms with Crippen LogP contribution in [0.5, 0.6) is 0 Å². The molecule has 2 aliphatic rings. The third-order valence-electron chi connectivity index (χ3n) is 6.10. The number of amides is 2. The summed E-state index contributed by atoms with van der Waals surface area (Å²) in [5.41, 5.74) is 2.68. The standard InChI is InChI=1S/C24H29N3O2/c1-18-8-7-14-27(18)23(28)17-26-15-13-20(16-26)25-24(29)22-12-6-5-11-21(22)19-9-3-2-4-10-19/h2-6,9-12,18,20H,7-8,13-17H2,1H3,(H,25,29)/t18-,20+/m1/s1. The second-order valence-corrected chi connectivity index (χ2v) is 8.18. The molecule has 0 unspecified atom stereocenters. The SMILES string of the molecule is C[C@@H]1CCCN1C(=O)CN1CC[C@H](NC(=O)c2ccccc2-c2ccccc2)C1. The van der Waals surface area contributed by atoms with Crippen LogP contribution in [-0.4, -0.2) is 59.9 Å². The zero-order valence-electron chi connectivity index (χ0n) is 17.0. The molecule has 29 heavy (non-hydrogen) atoms. The molecular weight excluding hydrogens is 362 g/mol. The fourth-order valence-corrected chi connectivity index (χ4v) is 4.49. The van der Waals surface area contributed by atoms with E-state index in [4.69, 9.17) is 0 Å². The minimum absolute atomic E-state index is 0.0456. The Kier molecular flexibility index (Phi) is 5.95. The van der Waals surface area contributed by atoms with Crippen molar-refractivity contribution >= 4 is 11.8 Å². The molecule has 5 nitrogen and oxygen atoms in total. The minimum atomic E-state index is -0.0456. The molecule has 2 fully saturated rings. The van der Waals surface area contributed by atoms with Gasteiger partial charge in [0.2, 0.25) is 5.91 Å². The van der Waals surface area contributed by atoms with Crippen molar-refractivity contribution in [2.24, 2.45) is 0 Å². The Morgan fingerprint density at radius 3 is 2.52 bits per heavy atom. The monoisotopic (exact) mass is 391 g/mol. The summed E-state index contributed by atoms with van der Waals surface area (Å²) in [5.74, 6) is 0.173. The van der Waals surface area contributed by atoms with Crippen LogP contribution in [0, 0.1) is 0 Å². The lowest BCUT2D eigenvalue weighted by Gasteiger charge is -2.24. The molecule has 2 aromatic carbocycles. The number of likely N-dealkylation sites (tertiary alicyclic amines) is 2. The van der Waals surface area contributed by atoms with E-state index in [1.807, 2.05) is 59.5 Å². The summed E-state index contributed by atoms with van der Waals surface area (Å²) < 4.78 is 0. The molecule has 1 N–H and O–H groups in total. The lowest BCUT2D eigenvalue weighted by molar-refractivity contribution is -0.132. The third-order valence-corrected chi connectivity index (χ3v) is 6.10. The first-order valence-electron chi connectivity index (χ1n) is 10.6. The van der Waals surface area contributed by atoms with Crippen LogP contribution in [0.25, 0.3) is 11.1 Å². The Labute approximate surface area is 172 Å². The van der Waals surface area contributed by atoms with E-state index in [0.29, 0.717) is 18.2 Å². The fourth-order valence-electron chi connectivity index (χ4n) is 4.49. The van der Waals surface area contributed by atoms with E-state index < -0.39 is 0 Å². The predicted octanol–water partition coefficient (Wildman–Crippen LogP) is 3.17. The number of nitrogens with zero attached hydrogens (tertiary/aromatic N) is 2. The van der Waals surface area contributed by atoms with Gasteiger partial charge in [-0.1, -0.05) is 48.5 Å². The van der Waals surface area contributed by atoms with Crippen molar-refractivity contribution in [1.29, 1.82) is 0 Å². The Balaban J connectivity index is 1.36. The van der Waals surface area contributed by atoms with Crippen LogP contribution in [0.4, 0.5) is 0 Å². The fraction of sp³-hybridized carbons (Fsp3) is 0.417. The van der Waals surface area contributed by atoms with E-state index in [1.165, 1.54) is 0 Å². The Morgan fingerprint density at radius 2 is 1.76 bits per heavy atom. The second kappa shape index (κ2) is 8.78. The van der Waals surface area contributed by atoms with Gasteiger partial charge in [0, 0.05) is 37.3 Å². The molecule has 2 atom stereocenters. The normalized spacial score (nSPS) is 22.0. The third kappa shape index (κ3) is 4.51. The molecule has 0 spiro atoms. The molecule has 0 bridgehead atoms. The van der Waals surface area contributed by atoms with Gasteiger partial charge in [-0.2, -0.15) is 0 Å². The van der Waals surface area contributed by atoms with Crippen molar-refractivity contribution in [3.63, 3.8) is 0 Å². The van der Waals surface area contributed by atoms with Gasteiger partial charge >= 0.3 is 0 Å². The van der Waals surface area contributed by atoms with E-state index in [-0.39, 0.29) is 17.9 Å². The van der Waals surface area contributed by atoms with E-state index in [1.54, 1.807) is 0 Å². The maximum atomic E-state index is 13.0. The zero-order valence-corrected chi connectivity index (χ0v) is 17.0. The maximum absolute atomic E-state index is 13.0. The molecule has 0 aromatic heterocycles. The largest absolute Gasteiger partial charge is 0.348 e. The van der Waals surface area contributed by atoms with Gasteiger partial charge in [0.15, 0.2) is 0 Å². The molecule has 2 saturated heterocycles. The van der Waals surface area contributed by atoms with Gasteiger partial charge in [0.05, 0.1) is 6.54 Å². The van der Waals surface area contributed by atoms with Gasteiger partial charge in [0.25, 0.3) is 5.91 Å². The molecule has 2 aromatic rings. The number of carbonyl (C=O) groups is 2. The molecule has 0 aliphatic carbocycles. The number of benzene rings is 2. The van der Waals surface area contributed by atoms with Crippen molar-refractivity contribution < 1.29 is 9.59 Å². The predicted molar refractivity (Wildman–Crippen MR) is 115 cm³/mol. The molecule has 2 amide bonds. The van der Waals surface area contributed by atoms with E-state index in [9.17, 15) is 9.59 Å². The second-order valence-electron chi connectivity index (χ2n) is 8.18. The zero-order chi connectivity index (χ0) is 20.2. The van der Waals surface area contributed by atoms with Crippen molar-refractivity contribution in [1.82, 2.24) is 15.1 Å². The average molecular weight is 392 g/mol. The molecule has 152 valence electrons. The van der Waals surface area contributed by atoms with Crippen LogP contribution in [-0.2, 0) is 4.79 Å². The molecular formula is C24H29N3O2. The number of rotatable bonds is 5. The average Bonchev–Trinajstić information content (AvgIpc) is 3.37. The smallest absolute Gasteiger partial charge is 0.252 e. The molecule has 2 aliphatic heterocycles. The molecule has 0 saturated carbocycles. The van der Waals surface area contributed by atoms with E-state index in [0.717, 1.165) is 50.0 Å². The summed E-state index contributed by atoms with van der Waals surface area (Å²) in [6.07, 6.45) is 3.08. The summed E-state index contributed by atoms with van der Waals surface area (Å²) in [4.78, 5) is 29.7. The van der Waals surface area contributed by atoms with Gasteiger partial charge in [-0.15, -0.1) is 0 Å². The Morgan fingerprint density at radius 1 is 1.00 bits per heavy atom. The highest BCUT2D eigenvalue weighted by molar-refractivity contribution is 6.01. The number of carbonyl (C=O) groups excluding carboxylic acids is 2. The van der Waals surface area contributed by atoms with Gasteiger partial charge in [-0.25, -0.2) is 0 Å². The molecule has 0 radical (unpaired) electrons. The van der Waals surface area contributed by atoms with Crippen LogP contribution in [0.1, 0.15) is 36.5 Å². The van der Waals surface area contributed by atoms with Crippen LogP contribution in [0.15, 0.2) is 54.6 Å². The van der Waals surface area contributed by atoms with Gasteiger partial charge in [-0.05, 0) is 43.4 Å². The Bertz CT molecular complexity index is 867. The van der Waals surface area contributed by atoms with E-state index >= 15 is 0 Å². The summed E-state index contributed by atoms with van der Waals surface area (Å²) in [6.45, 7) is 5.04. The minimum Gasteiger partial charge on any atom is -0.348 e.